The summed E-state index contributed by atoms with van der Waals surface area (Å²) in [6.07, 6.45) is 2.30. The van der Waals surface area contributed by atoms with Gasteiger partial charge in [0.2, 0.25) is 0 Å². The molecule has 1 unspecified atom stereocenters. The molecule has 1 fully saturated rings. The molecule has 2 N–H and O–H groups in total. The molecular formula is C13H14ClFN2. The average molecular weight is 253 g/mol. The van der Waals surface area contributed by atoms with E-state index in [-0.39, 0.29) is 5.82 Å². The summed E-state index contributed by atoms with van der Waals surface area (Å²) in [4.78, 5) is 3.26. The van der Waals surface area contributed by atoms with Gasteiger partial charge in [0.1, 0.15) is 5.82 Å². The van der Waals surface area contributed by atoms with Crippen molar-refractivity contribution in [1.82, 2.24) is 10.3 Å². The van der Waals surface area contributed by atoms with Crippen LogP contribution in [0, 0.1) is 5.82 Å². The van der Waals surface area contributed by atoms with Crippen molar-refractivity contribution in [3.05, 3.63) is 34.7 Å². The van der Waals surface area contributed by atoms with Crippen LogP contribution in [0.4, 0.5) is 4.39 Å². The molecule has 0 spiro atoms. The first-order chi connectivity index (χ1) is 8.25. The van der Waals surface area contributed by atoms with Crippen LogP contribution in [0.5, 0.6) is 0 Å². The molecule has 0 amide bonds. The van der Waals surface area contributed by atoms with Crippen LogP contribution in [0.1, 0.15) is 24.5 Å². The first kappa shape index (κ1) is 11.1. The van der Waals surface area contributed by atoms with E-state index in [0.717, 1.165) is 31.6 Å². The molecule has 0 radical (unpaired) electrons. The summed E-state index contributed by atoms with van der Waals surface area (Å²) >= 11 is 6.07. The molecule has 3 rings (SSSR count). The van der Waals surface area contributed by atoms with E-state index in [1.165, 1.54) is 6.07 Å². The standard InChI is InChI=1S/C13H14ClFN2/c14-10-3-4-11(15)9-6-12(17-13(9)10)8-2-1-5-16-7-8/h3-4,6,8,16-17H,1-2,5,7H2. The van der Waals surface area contributed by atoms with Crippen molar-refractivity contribution in [1.29, 1.82) is 0 Å². The van der Waals surface area contributed by atoms with Gasteiger partial charge in [0, 0.05) is 23.5 Å². The number of fused-ring (bicyclic) bond motifs is 1. The fraction of sp³-hybridized carbons (Fsp3) is 0.385. The molecule has 0 saturated carbocycles. The van der Waals surface area contributed by atoms with Crippen LogP contribution in [0.2, 0.25) is 5.02 Å². The summed E-state index contributed by atoms with van der Waals surface area (Å²) in [5, 5.41) is 4.54. The van der Waals surface area contributed by atoms with Crippen LogP contribution in [-0.4, -0.2) is 18.1 Å². The van der Waals surface area contributed by atoms with Crippen molar-refractivity contribution < 1.29 is 4.39 Å². The third-order valence-corrected chi connectivity index (χ3v) is 3.76. The Morgan fingerprint density at radius 1 is 1.35 bits per heavy atom. The Hall–Kier alpha value is -1.06. The molecule has 1 aliphatic heterocycles. The highest BCUT2D eigenvalue weighted by atomic mass is 35.5. The van der Waals surface area contributed by atoms with Crippen molar-refractivity contribution in [3.8, 4) is 0 Å². The molecule has 1 atom stereocenters. The van der Waals surface area contributed by atoms with Crippen molar-refractivity contribution in [3.63, 3.8) is 0 Å². The van der Waals surface area contributed by atoms with Crippen LogP contribution in [0.3, 0.4) is 0 Å². The second-order valence-corrected chi connectivity index (χ2v) is 4.99. The predicted octanol–water partition coefficient (Wildman–Crippen LogP) is 3.43. The van der Waals surface area contributed by atoms with Crippen molar-refractivity contribution in [2.24, 2.45) is 0 Å². The van der Waals surface area contributed by atoms with Gasteiger partial charge in [-0.3, -0.25) is 0 Å². The van der Waals surface area contributed by atoms with Gasteiger partial charge in [-0.25, -0.2) is 4.39 Å². The predicted molar refractivity (Wildman–Crippen MR) is 68.1 cm³/mol. The highest BCUT2D eigenvalue weighted by Crippen LogP contribution is 2.31. The molecule has 4 heteroatoms. The van der Waals surface area contributed by atoms with Gasteiger partial charge in [0.05, 0.1) is 10.5 Å². The van der Waals surface area contributed by atoms with Crippen LogP contribution >= 0.6 is 11.6 Å². The first-order valence-electron chi connectivity index (χ1n) is 5.93. The number of aromatic nitrogens is 1. The molecule has 1 aliphatic rings. The minimum Gasteiger partial charge on any atom is -0.357 e. The lowest BCUT2D eigenvalue weighted by Gasteiger charge is -2.21. The van der Waals surface area contributed by atoms with E-state index in [0.29, 0.717) is 21.8 Å². The minimum atomic E-state index is -0.212. The van der Waals surface area contributed by atoms with E-state index in [1.54, 1.807) is 6.07 Å². The minimum absolute atomic E-state index is 0.212. The van der Waals surface area contributed by atoms with E-state index < -0.39 is 0 Å². The molecule has 1 aromatic heterocycles. The Morgan fingerprint density at radius 3 is 2.94 bits per heavy atom. The zero-order valence-electron chi connectivity index (χ0n) is 9.39. The maximum Gasteiger partial charge on any atom is 0.132 e. The van der Waals surface area contributed by atoms with E-state index >= 15 is 0 Å². The van der Waals surface area contributed by atoms with Gasteiger partial charge >= 0.3 is 0 Å². The Balaban J connectivity index is 2.06. The third kappa shape index (κ3) is 1.94. The molecule has 17 heavy (non-hydrogen) atoms. The van der Waals surface area contributed by atoms with E-state index in [2.05, 4.69) is 10.3 Å². The monoisotopic (exact) mass is 252 g/mol. The van der Waals surface area contributed by atoms with E-state index in [9.17, 15) is 4.39 Å². The number of halogens is 2. The first-order valence-corrected chi connectivity index (χ1v) is 6.31. The van der Waals surface area contributed by atoms with Gasteiger partial charge in [-0.15, -0.1) is 0 Å². The lowest BCUT2D eigenvalue weighted by molar-refractivity contribution is 0.456. The second kappa shape index (κ2) is 4.31. The second-order valence-electron chi connectivity index (χ2n) is 4.59. The summed E-state index contributed by atoms with van der Waals surface area (Å²) in [7, 11) is 0. The van der Waals surface area contributed by atoms with Gasteiger partial charge in [0.25, 0.3) is 0 Å². The quantitative estimate of drug-likeness (QED) is 0.800. The van der Waals surface area contributed by atoms with E-state index in [4.69, 9.17) is 11.6 Å². The summed E-state index contributed by atoms with van der Waals surface area (Å²) in [5.41, 5.74) is 1.80. The summed E-state index contributed by atoms with van der Waals surface area (Å²) in [6.45, 7) is 2.03. The zero-order chi connectivity index (χ0) is 11.8. The molecule has 0 aliphatic carbocycles. The summed E-state index contributed by atoms with van der Waals surface area (Å²) < 4.78 is 13.7. The largest absolute Gasteiger partial charge is 0.357 e. The summed E-state index contributed by atoms with van der Waals surface area (Å²) in [6, 6.07) is 4.91. The van der Waals surface area contributed by atoms with Crippen molar-refractivity contribution >= 4 is 22.5 Å². The Labute approximate surface area is 104 Å². The lowest BCUT2D eigenvalue weighted by atomic mass is 9.96. The number of aromatic amines is 1. The SMILES string of the molecule is Fc1ccc(Cl)c2[nH]c(C3CCCNC3)cc12. The maximum atomic E-state index is 13.7. The van der Waals surface area contributed by atoms with Crippen molar-refractivity contribution in [2.75, 3.05) is 13.1 Å². The van der Waals surface area contributed by atoms with Crippen LogP contribution < -0.4 is 5.32 Å². The maximum absolute atomic E-state index is 13.7. The van der Waals surface area contributed by atoms with Crippen LogP contribution in [-0.2, 0) is 0 Å². The smallest absolute Gasteiger partial charge is 0.132 e. The number of hydrogen-bond acceptors (Lipinski definition) is 1. The topological polar surface area (TPSA) is 27.8 Å². The highest BCUT2D eigenvalue weighted by molar-refractivity contribution is 6.35. The average Bonchev–Trinajstić information content (AvgIpc) is 2.81. The molecule has 2 aromatic rings. The molecule has 1 aromatic carbocycles. The van der Waals surface area contributed by atoms with Crippen LogP contribution in [0.15, 0.2) is 18.2 Å². The van der Waals surface area contributed by atoms with Gasteiger partial charge in [-0.2, -0.15) is 0 Å². The highest BCUT2D eigenvalue weighted by Gasteiger charge is 2.18. The van der Waals surface area contributed by atoms with Gasteiger partial charge < -0.3 is 10.3 Å². The molecule has 1 saturated heterocycles. The molecular weight excluding hydrogens is 239 g/mol. The molecule has 90 valence electrons. The Morgan fingerprint density at radius 2 is 2.24 bits per heavy atom. The number of benzene rings is 1. The summed E-state index contributed by atoms with van der Waals surface area (Å²) in [5.74, 6) is 0.224. The Kier molecular flexibility index (Phi) is 2.81. The zero-order valence-corrected chi connectivity index (χ0v) is 10.1. The lowest BCUT2D eigenvalue weighted by Crippen LogP contribution is -2.28. The molecule has 2 heterocycles. The number of rotatable bonds is 1. The Bertz CT molecular complexity index is 505. The number of hydrogen-bond donors (Lipinski definition) is 2. The van der Waals surface area contributed by atoms with Gasteiger partial charge in [0.15, 0.2) is 0 Å². The number of H-pyrrole nitrogens is 1. The van der Waals surface area contributed by atoms with E-state index in [1.807, 2.05) is 6.07 Å². The molecule has 2 nitrogen and oxygen atoms in total. The normalized spacial score (nSPS) is 20.9. The van der Waals surface area contributed by atoms with Crippen LogP contribution in [0.25, 0.3) is 10.9 Å². The van der Waals surface area contributed by atoms with Gasteiger partial charge in [-0.05, 0) is 37.6 Å². The number of piperidine rings is 1. The van der Waals surface area contributed by atoms with Crippen molar-refractivity contribution in [2.45, 2.75) is 18.8 Å². The fourth-order valence-electron chi connectivity index (χ4n) is 2.51. The fourth-order valence-corrected chi connectivity index (χ4v) is 2.72. The van der Waals surface area contributed by atoms with Gasteiger partial charge in [-0.1, -0.05) is 11.6 Å². The molecule has 0 bridgehead atoms. The third-order valence-electron chi connectivity index (χ3n) is 3.45. The number of nitrogens with one attached hydrogen (secondary N) is 2.